The minimum Gasteiger partial charge on any atom is -0.462 e. The third kappa shape index (κ3) is 4.09. The van der Waals surface area contributed by atoms with Crippen LogP contribution in [0.25, 0.3) is 11.0 Å². The van der Waals surface area contributed by atoms with Crippen molar-refractivity contribution in [2.45, 2.75) is 37.9 Å². The van der Waals surface area contributed by atoms with Crippen LogP contribution < -0.4 is 5.73 Å². The molecule has 0 radical (unpaired) electrons. The molecule has 2 fully saturated rings. The van der Waals surface area contributed by atoms with Gasteiger partial charge in [0.05, 0.1) is 30.9 Å². The highest BCUT2D eigenvalue weighted by molar-refractivity contribution is 7.48. The molecule has 4 heterocycles. The second-order valence-electron chi connectivity index (χ2n) is 7.78. The van der Waals surface area contributed by atoms with Crippen molar-refractivity contribution in [1.82, 2.24) is 15.0 Å². The van der Waals surface area contributed by atoms with Gasteiger partial charge in [0.15, 0.2) is 5.82 Å². The summed E-state index contributed by atoms with van der Waals surface area (Å²) in [5.74, 6) is -0.252. The first-order valence-electron chi connectivity index (χ1n) is 10.6. The quantitative estimate of drug-likeness (QED) is 0.342. The van der Waals surface area contributed by atoms with Gasteiger partial charge in [0.2, 0.25) is 0 Å². The SMILES string of the molecule is CCOC(=O)c1ccccc1COP1(=O)OC[C@H]2O[C@@H](c3c[nH]c4c(N)ncnc34)[C@H](O)[C@@H]2O1. The zero-order valence-electron chi connectivity index (χ0n) is 18.1. The molecule has 2 aliphatic heterocycles. The summed E-state index contributed by atoms with van der Waals surface area (Å²) < 4.78 is 40.6. The van der Waals surface area contributed by atoms with E-state index in [9.17, 15) is 14.5 Å². The van der Waals surface area contributed by atoms with E-state index in [1.165, 1.54) is 6.33 Å². The zero-order valence-corrected chi connectivity index (χ0v) is 19.0. The monoisotopic (exact) mass is 490 g/mol. The largest absolute Gasteiger partial charge is 0.475 e. The fraction of sp³-hybridized carbons (Fsp3) is 0.381. The van der Waals surface area contributed by atoms with Crippen LogP contribution in [0.4, 0.5) is 5.82 Å². The van der Waals surface area contributed by atoms with E-state index in [4.69, 9.17) is 28.8 Å². The van der Waals surface area contributed by atoms with Gasteiger partial charge in [-0.05, 0) is 18.6 Å². The first kappa shape index (κ1) is 22.9. The number of H-pyrrole nitrogens is 1. The molecule has 2 aromatic heterocycles. The molecule has 34 heavy (non-hydrogen) atoms. The van der Waals surface area contributed by atoms with Gasteiger partial charge in [0, 0.05) is 11.8 Å². The van der Waals surface area contributed by atoms with Crippen molar-refractivity contribution in [2.24, 2.45) is 0 Å². The van der Waals surface area contributed by atoms with Gasteiger partial charge in [-0.1, -0.05) is 18.2 Å². The van der Waals surface area contributed by atoms with Crippen LogP contribution in [-0.2, 0) is 34.2 Å². The Kier molecular flexibility index (Phi) is 6.11. The first-order valence-corrected chi connectivity index (χ1v) is 12.1. The van der Waals surface area contributed by atoms with Crippen LogP contribution in [0.3, 0.4) is 0 Å². The number of aliphatic hydroxyl groups excluding tert-OH is 1. The van der Waals surface area contributed by atoms with E-state index in [2.05, 4.69) is 15.0 Å². The number of fused-ring (bicyclic) bond motifs is 2. The van der Waals surface area contributed by atoms with E-state index in [1.807, 2.05) is 0 Å². The molecule has 180 valence electrons. The van der Waals surface area contributed by atoms with Crippen molar-refractivity contribution in [2.75, 3.05) is 18.9 Å². The average molecular weight is 490 g/mol. The number of aromatic nitrogens is 3. The molecule has 2 aliphatic rings. The number of hydrogen-bond acceptors (Lipinski definition) is 11. The number of phosphoric ester groups is 1. The lowest BCUT2D eigenvalue weighted by molar-refractivity contribution is -0.0619. The van der Waals surface area contributed by atoms with Gasteiger partial charge in [-0.15, -0.1) is 0 Å². The number of carbonyl (C=O) groups is 1. The van der Waals surface area contributed by atoms with Crippen LogP contribution in [0.1, 0.15) is 34.5 Å². The highest BCUT2D eigenvalue weighted by Crippen LogP contribution is 2.57. The van der Waals surface area contributed by atoms with E-state index < -0.39 is 38.2 Å². The number of nitrogens with zero attached hydrogens (tertiary/aromatic N) is 2. The molecule has 0 amide bonds. The molecule has 0 saturated carbocycles. The lowest BCUT2D eigenvalue weighted by Crippen LogP contribution is -2.39. The van der Waals surface area contributed by atoms with Crippen LogP contribution in [0.15, 0.2) is 36.8 Å². The van der Waals surface area contributed by atoms with Crippen molar-refractivity contribution in [3.8, 4) is 0 Å². The number of ether oxygens (including phenoxy) is 2. The van der Waals surface area contributed by atoms with Gasteiger partial charge >= 0.3 is 13.8 Å². The Balaban J connectivity index is 1.31. The van der Waals surface area contributed by atoms with E-state index in [0.717, 1.165) is 0 Å². The van der Waals surface area contributed by atoms with Crippen LogP contribution in [-0.4, -0.2) is 57.6 Å². The third-order valence-corrected chi connectivity index (χ3v) is 7.11. The van der Waals surface area contributed by atoms with E-state index in [-0.39, 0.29) is 31.2 Å². The number of nitrogen functional groups attached to an aromatic ring is 1. The molecule has 3 aromatic rings. The van der Waals surface area contributed by atoms with Crippen molar-refractivity contribution >= 4 is 30.6 Å². The predicted molar refractivity (Wildman–Crippen MR) is 118 cm³/mol. The number of rotatable bonds is 6. The second kappa shape index (κ2) is 9.06. The summed E-state index contributed by atoms with van der Waals surface area (Å²) in [7, 11) is -4.06. The summed E-state index contributed by atoms with van der Waals surface area (Å²) in [5, 5.41) is 10.9. The number of phosphoric acid groups is 1. The number of aliphatic hydroxyl groups is 1. The number of anilines is 1. The van der Waals surface area contributed by atoms with Gasteiger partial charge in [0.1, 0.15) is 36.3 Å². The van der Waals surface area contributed by atoms with E-state index >= 15 is 0 Å². The maximum atomic E-state index is 13.2. The molecular formula is C21H23N4O8P. The Bertz CT molecular complexity index is 1270. The summed E-state index contributed by atoms with van der Waals surface area (Å²) in [6.45, 7) is 1.59. The van der Waals surface area contributed by atoms with Crippen LogP contribution in [0, 0.1) is 0 Å². The van der Waals surface area contributed by atoms with Crippen LogP contribution in [0.5, 0.6) is 0 Å². The van der Waals surface area contributed by atoms with Gasteiger partial charge < -0.3 is 25.3 Å². The van der Waals surface area contributed by atoms with Crippen molar-refractivity contribution in [1.29, 1.82) is 0 Å². The lowest BCUT2D eigenvalue weighted by atomic mass is 10.0. The number of nitrogens with two attached hydrogens (primary N) is 1. The number of benzene rings is 1. The number of nitrogens with one attached hydrogen (secondary N) is 1. The maximum absolute atomic E-state index is 13.2. The molecule has 2 saturated heterocycles. The summed E-state index contributed by atoms with van der Waals surface area (Å²) in [4.78, 5) is 23.3. The molecule has 5 rings (SSSR count). The van der Waals surface area contributed by atoms with Gasteiger partial charge in [-0.2, -0.15) is 0 Å². The fourth-order valence-electron chi connectivity index (χ4n) is 4.07. The number of aromatic amines is 1. The molecule has 5 atom stereocenters. The Hall–Kier alpha value is -2.86. The molecule has 0 aliphatic carbocycles. The minimum atomic E-state index is -4.06. The van der Waals surface area contributed by atoms with Crippen molar-refractivity contribution < 1.29 is 37.5 Å². The van der Waals surface area contributed by atoms with Gasteiger partial charge in [-0.3, -0.25) is 13.6 Å². The summed E-state index contributed by atoms with van der Waals surface area (Å²) in [5.41, 5.74) is 8.21. The minimum absolute atomic E-state index is 0.117. The lowest BCUT2D eigenvalue weighted by Gasteiger charge is -2.31. The van der Waals surface area contributed by atoms with Crippen LogP contribution >= 0.6 is 7.82 Å². The Morgan fingerprint density at radius 2 is 2.18 bits per heavy atom. The van der Waals surface area contributed by atoms with Crippen LogP contribution in [0.2, 0.25) is 0 Å². The summed E-state index contributed by atoms with van der Waals surface area (Å²) in [6, 6.07) is 6.64. The third-order valence-electron chi connectivity index (χ3n) is 5.70. The fourth-order valence-corrected chi connectivity index (χ4v) is 5.45. The Morgan fingerprint density at radius 1 is 1.35 bits per heavy atom. The normalized spacial score (nSPS) is 28.6. The standard InChI is InChI=1S/C21H23N4O8P/c1-2-29-21(27)12-6-4-3-5-11(12)8-30-34(28)31-9-14-19(33-34)17(26)18(32-14)13-7-23-16-15(13)24-10-25-20(16)22/h3-7,10,14,17-19,23,26H,2,8-9H2,1H3,(H2,22,24,25)/t14-,17+,18+,19-,34?/m1/s1. The number of esters is 1. The predicted octanol–water partition coefficient (Wildman–Crippen LogP) is 2.26. The average Bonchev–Trinajstić information content (AvgIpc) is 3.40. The summed E-state index contributed by atoms with van der Waals surface area (Å²) in [6.07, 6.45) is -0.690. The Morgan fingerprint density at radius 3 is 3.00 bits per heavy atom. The second-order valence-corrected chi connectivity index (χ2v) is 9.40. The van der Waals surface area contributed by atoms with E-state index in [0.29, 0.717) is 22.2 Å². The molecule has 4 N–H and O–H groups in total. The molecule has 13 heteroatoms. The molecule has 1 aromatic carbocycles. The smallest absolute Gasteiger partial charge is 0.462 e. The highest BCUT2D eigenvalue weighted by atomic mass is 31.2. The summed E-state index contributed by atoms with van der Waals surface area (Å²) >= 11 is 0. The molecule has 12 nitrogen and oxygen atoms in total. The first-order chi connectivity index (χ1) is 16.4. The molecule has 0 spiro atoms. The molecular weight excluding hydrogens is 467 g/mol. The van der Waals surface area contributed by atoms with Gasteiger partial charge in [-0.25, -0.2) is 19.3 Å². The van der Waals surface area contributed by atoms with Gasteiger partial charge in [0.25, 0.3) is 0 Å². The van der Waals surface area contributed by atoms with Crippen molar-refractivity contribution in [3.05, 3.63) is 53.5 Å². The number of hydrogen-bond donors (Lipinski definition) is 3. The van der Waals surface area contributed by atoms with E-state index in [1.54, 1.807) is 37.4 Å². The topological polar surface area (TPSA) is 168 Å². The highest BCUT2D eigenvalue weighted by Gasteiger charge is 2.53. The molecule has 0 bridgehead atoms. The number of carbonyl (C=O) groups excluding carboxylic acids is 1. The zero-order chi connectivity index (χ0) is 23.9. The maximum Gasteiger partial charge on any atom is 0.475 e. The molecule has 1 unspecified atom stereocenters. The Labute approximate surface area is 194 Å². The van der Waals surface area contributed by atoms with Crippen molar-refractivity contribution in [3.63, 3.8) is 0 Å².